The van der Waals surface area contributed by atoms with Crippen molar-refractivity contribution in [1.82, 2.24) is 4.98 Å². The summed E-state index contributed by atoms with van der Waals surface area (Å²) < 4.78 is 9.77. The van der Waals surface area contributed by atoms with Crippen molar-refractivity contribution in [2.24, 2.45) is 0 Å². The van der Waals surface area contributed by atoms with E-state index in [1.54, 1.807) is 46.8 Å². The van der Waals surface area contributed by atoms with Crippen molar-refractivity contribution in [2.75, 3.05) is 4.90 Å². The zero-order chi connectivity index (χ0) is 17.1. The van der Waals surface area contributed by atoms with E-state index in [2.05, 4.69) is 4.98 Å². The summed E-state index contributed by atoms with van der Waals surface area (Å²) in [5, 5.41) is 0. The number of halogens is 1. The summed E-state index contributed by atoms with van der Waals surface area (Å²) in [5.74, 6) is 0.167. The van der Waals surface area contributed by atoms with Crippen LogP contribution in [0, 0.1) is 6.92 Å². The Labute approximate surface area is 144 Å². The molecule has 122 valence electrons. The molecular weight excluding hydrogens is 399 g/mol. The third kappa shape index (κ3) is 6.17. The highest BCUT2D eigenvalue weighted by atomic mass is 127. The fourth-order valence-electron chi connectivity index (χ4n) is 1.46. The van der Waals surface area contributed by atoms with Crippen LogP contribution in [0.4, 0.5) is 15.4 Å². The Kier molecular flexibility index (Phi) is 5.77. The van der Waals surface area contributed by atoms with E-state index >= 15 is 0 Å². The number of amides is 2. The Bertz CT molecular complexity index is 533. The van der Waals surface area contributed by atoms with Crippen LogP contribution in [-0.2, 0) is 9.47 Å². The van der Waals surface area contributed by atoms with E-state index in [-0.39, 0.29) is 5.82 Å². The SMILES string of the molecule is Cc1ccnc(N(C(=O)OC(C)(C)C)C(=O)OC(C)(C)I)c1. The molecule has 0 atom stereocenters. The summed E-state index contributed by atoms with van der Waals surface area (Å²) in [7, 11) is 0. The molecule has 1 rings (SSSR count). The monoisotopic (exact) mass is 420 g/mol. The summed E-state index contributed by atoms with van der Waals surface area (Å²) in [6, 6.07) is 3.38. The van der Waals surface area contributed by atoms with Gasteiger partial charge >= 0.3 is 12.2 Å². The molecule has 0 aliphatic heterocycles. The predicted molar refractivity (Wildman–Crippen MR) is 92.3 cm³/mol. The smallest absolute Gasteiger partial charge is 0.426 e. The first-order valence-corrected chi connectivity index (χ1v) is 7.84. The van der Waals surface area contributed by atoms with Crippen LogP contribution in [0.25, 0.3) is 0 Å². The molecule has 1 heterocycles. The topological polar surface area (TPSA) is 68.7 Å². The normalized spacial score (nSPS) is 11.8. The van der Waals surface area contributed by atoms with E-state index in [0.29, 0.717) is 0 Å². The molecule has 22 heavy (non-hydrogen) atoms. The van der Waals surface area contributed by atoms with Gasteiger partial charge in [-0.25, -0.2) is 14.6 Å². The van der Waals surface area contributed by atoms with E-state index in [4.69, 9.17) is 9.47 Å². The Hall–Kier alpha value is -1.38. The molecule has 0 aliphatic rings. The summed E-state index contributed by atoms with van der Waals surface area (Å²) in [6.07, 6.45) is -0.132. The second-order valence-electron chi connectivity index (χ2n) is 6.24. The highest BCUT2D eigenvalue weighted by molar-refractivity contribution is 14.1. The lowest BCUT2D eigenvalue weighted by molar-refractivity contribution is 0.0546. The maximum atomic E-state index is 12.4. The third-order valence-corrected chi connectivity index (χ3v) is 2.44. The number of aryl methyl sites for hydroxylation is 1. The van der Waals surface area contributed by atoms with E-state index < -0.39 is 21.4 Å². The Balaban J connectivity index is 3.15. The number of rotatable bonds is 2. The van der Waals surface area contributed by atoms with Crippen LogP contribution in [0.15, 0.2) is 18.3 Å². The van der Waals surface area contributed by atoms with Crippen molar-refractivity contribution in [3.63, 3.8) is 0 Å². The molecule has 0 radical (unpaired) electrons. The second kappa shape index (κ2) is 6.80. The van der Waals surface area contributed by atoms with Crippen LogP contribution in [0.5, 0.6) is 0 Å². The van der Waals surface area contributed by atoms with Crippen LogP contribution >= 0.6 is 22.6 Å². The number of alkyl halides is 1. The minimum atomic E-state index is -0.827. The number of aromatic nitrogens is 1. The Morgan fingerprint density at radius 1 is 1.14 bits per heavy atom. The fraction of sp³-hybridized carbons (Fsp3) is 0.533. The van der Waals surface area contributed by atoms with Gasteiger partial charge in [-0.3, -0.25) is 0 Å². The zero-order valence-electron chi connectivity index (χ0n) is 13.6. The molecule has 0 unspecified atom stereocenters. The average molecular weight is 420 g/mol. The lowest BCUT2D eigenvalue weighted by atomic mass is 10.2. The van der Waals surface area contributed by atoms with E-state index in [1.165, 1.54) is 6.20 Å². The first-order chi connectivity index (χ1) is 9.89. The molecule has 0 aromatic carbocycles. The van der Waals surface area contributed by atoms with Crippen molar-refractivity contribution >= 4 is 40.6 Å². The first-order valence-electron chi connectivity index (χ1n) is 6.77. The molecule has 1 aromatic rings. The third-order valence-electron chi connectivity index (χ3n) is 2.22. The van der Waals surface area contributed by atoms with Gasteiger partial charge in [0.05, 0.1) is 0 Å². The number of pyridine rings is 1. The second-order valence-corrected chi connectivity index (χ2v) is 8.84. The van der Waals surface area contributed by atoms with Gasteiger partial charge in [-0.1, -0.05) is 0 Å². The lowest BCUT2D eigenvalue weighted by Crippen LogP contribution is -2.43. The molecular formula is C15H21IN2O4. The van der Waals surface area contributed by atoms with Crippen molar-refractivity contribution in [3.8, 4) is 0 Å². The van der Waals surface area contributed by atoms with Crippen LogP contribution < -0.4 is 4.90 Å². The quantitative estimate of drug-likeness (QED) is 0.523. The molecule has 7 heteroatoms. The highest BCUT2D eigenvalue weighted by Gasteiger charge is 2.33. The molecule has 0 N–H and O–H groups in total. The maximum Gasteiger partial charge on any atom is 0.426 e. The summed E-state index contributed by atoms with van der Waals surface area (Å²) in [4.78, 5) is 29.6. The number of anilines is 1. The largest absolute Gasteiger partial charge is 0.443 e. The van der Waals surface area contributed by atoms with Gasteiger partial charge in [0.1, 0.15) is 11.4 Å². The number of nitrogens with zero attached hydrogens (tertiary/aromatic N) is 2. The number of carbonyl (C=O) groups excluding carboxylic acids is 2. The molecule has 0 fully saturated rings. The number of hydrogen-bond donors (Lipinski definition) is 0. The molecule has 1 aromatic heterocycles. The minimum absolute atomic E-state index is 0.167. The van der Waals surface area contributed by atoms with Crippen LogP contribution in [0.1, 0.15) is 40.2 Å². The van der Waals surface area contributed by atoms with E-state index in [9.17, 15) is 9.59 Å². The fourth-order valence-corrected chi connectivity index (χ4v) is 1.65. The first kappa shape index (κ1) is 18.7. The van der Waals surface area contributed by atoms with Gasteiger partial charge in [-0.05, 0) is 81.8 Å². The van der Waals surface area contributed by atoms with Crippen LogP contribution in [-0.4, -0.2) is 26.4 Å². The Morgan fingerprint density at radius 3 is 2.14 bits per heavy atom. The number of imide groups is 1. The average Bonchev–Trinajstić information content (AvgIpc) is 2.23. The minimum Gasteiger partial charge on any atom is -0.443 e. The molecule has 0 bridgehead atoms. The van der Waals surface area contributed by atoms with Gasteiger partial charge < -0.3 is 9.47 Å². The van der Waals surface area contributed by atoms with Gasteiger partial charge in [0.25, 0.3) is 0 Å². The molecule has 0 aliphatic carbocycles. The summed E-state index contributed by atoms with van der Waals surface area (Å²) in [6.45, 7) is 10.4. The van der Waals surface area contributed by atoms with Crippen LogP contribution in [0.2, 0.25) is 0 Å². The van der Waals surface area contributed by atoms with Crippen molar-refractivity contribution in [3.05, 3.63) is 23.9 Å². The molecule has 6 nitrogen and oxygen atoms in total. The van der Waals surface area contributed by atoms with Gasteiger partial charge in [0, 0.05) is 6.20 Å². The van der Waals surface area contributed by atoms with Gasteiger partial charge in [0.15, 0.2) is 3.61 Å². The van der Waals surface area contributed by atoms with Crippen LogP contribution in [0.3, 0.4) is 0 Å². The van der Waals surface area contributed by atoms with Gasteiger partial charge in [-0.15, -0.1) is 0 Å². The van der Waals surface area contributed by atoms with E-state index in [1.807, 2.05) is 29.5 Å². The van der Waals surface area contributed by atoms with Crippen molar-refractivity contribution in [1.29, 1.82) is 0 Å². The number of hydrogen-bond acceptors (Lipinski definition) is 5. The Morgan fingerprint density at radius 2 is 1.68 bits per heavy atom. The van der Waals surface area contributed by atoms with Gasteiger partial charge in [-0.2, -0.15) is 4.90 Å². The highest BCUT2D eigenvalue weighted by Crippen LogP contribution is 2.23. The van der Waals surface area contributed by atoms with Gasteiger partial charge in [0.2, 0.25) is 0 Å². The zero-order valence-corrected chi connectivity index (χ0v) is 15.8. The maximum absolute atomic E-state index is 12.4. The molecule has 0 saturated heterocycles. The summed E-state index contributed by atoms with van der Waals surface area (Å²) >= 11 is 1.96. The summed E-state index contributed by atoms with van der Waals surface area (Å²) in [5.41, 5.74) is 0.124. The molecule has 0 saturated carbocycles. The number of carbonyl (C=O) groups is 2. The predicted octanol–water partition coefficient (Wildman–Crippen LogP) is 4.44. The number of ether oxygens (including phenoxy) is 2. The molecule has 2 amide bonds. The van der Waals surface area contributed by atoms with Crippen molar-refractivity contribution in [2.45, 2.75) is 50.8 Å². The standard InChI is InChI=1S/C15H21IN2O4/c1-10-7-8-17-11(9-10)18(12(19)21-14(2,3)4)13(20)22-15(5,6)16/h7-9H,1-6H3. The van der Waals surface area contributed by atoms with Crippen molar-refractivity contribution < 1.29 is 19.1 Å². The molecule has 0 spiro atoms. The van der Waals surface area contributed by atoms with E-state index in [0.717, 1.165) is 10.5 Å². The lowest BCUT2D eigenvalue weighted by Gasteiger charge is -2.27.